The van der Waals surface area contributed by atoms with Crippen LogP contribution in [0, 0.1) is 20.8 Å². The largest absolute Gasteiger partial charge is 0.465 e. The Labute approximate surface area is 149 Å². The van der Waals surface area contributed by atoms with Crippen LogP contribution < -0.4 is 10.9 Å². The van der Waals surface area contributed by atoms with Gasteiger partial charge in [0.05, 0.1) is 12.7 Å². The number of benzene rings is 1. The number of amides is 1. The number of aromatic nitrogens is 1. The summed E-state index contributed by atoms with van der Waals surface area (Å²) in [5, 5.41) is 3.54. The van der Waals surface area contributed by atoms with Crippen molar-refractivity contribution in [3.63, 3.8) is 0 Å². The fraction of sp³-hybridized carbons (Fsp3) is 0.211. The van der Waals surface area contributed by atoms with Crippen LogP contribution in [-0.4, -0.2) is 24.0 Å². The van der Waals surface area contributed by atoms with Crippen LogP contribution in [0.2, 0.25) is 0 Å². The van der Waals surface area contributed by atoms with Gasteiger partial charge in [0, 0.05) is 28.9 Å². The first-order valence-corrected chi connectivity index (χ1v) is 7.95. The third-order valence-corrected chi connectivity index (χ3v) is 4.26. The summed E-state index contributed by atoms with van der Waals surface area (Å²) in [4.78, 5) is 38.9. The van der Waals surface area contributed by atoms with E-state index in [-0.39, 0.29) is 5.69 Å². The van der Waals surface area contributed by atoms with Crippen LogP contribution in [0.1, 0.15) is 37.7 Å². The van der Waals surface area contributed by atoms with E-state index < -0.39 is 17.5 Å². The van der Waals surface area contributed by atoms with Crippen molar-refractivity contribution in [2.75, 3.05) is 12.4 Å². The normalized spacial score (nSPS) is 10.8. The van der Waals surface area contributed by atoms with Crippen molar-refractivity contribution in [1.82, 2.24) is 4.98 Å². The van der Waals surface area contributed by atoms with Gasteiger partial charge in [-0.15, -0.1) is 0 Å². The fourth-order valence-electron chi connectivity index (χ4n) is 2.98. The number of anilines is 1. The molecule has 0 radical (unpaired) electrons. The molecule has 0 unspecified atom stereocenters. The van der Waals surface area contributed by atoms with Crippen LogP contribution >= 0.6 is 0 Å². The van der Waals surface area contributed by atoms with Gasteiger partial charge in [0.15, 0.2) is 0 Å². The lowest BCUT2D eigenvalue weighted by Gasteiger charge is -2.07. The van der Waals surface area contributed by atoms with E-state index in [1.54, 1.807) is 32.0 Å². The first-order valence-electron chi connectivity index (χ1n) is 7.95. The molecule has 0 saturated heterocycles. The Morgan fingerprint density at radius 3 is 2.58 bits per heavy atom. The lowest BCUT2D eigenvalue weighted by molar-refractivity contribution is 0.0599. The highest BCUT2D eigenvalue weighted by atomic mass is 16.5. The van der Waals surface area contributed by atoms with Crippen molar-refractivity contribution < 1.29 is 18.7 Å². The number of hydrogen-bond donors (Lipinski definition) is 2. The van der Waals surface area contributed by atoms with Gasteiger partial charge in [-0.3, -0.25) is 4.79 Å². The van der Waals surface area contributed by atoms with E-state index in [1.165, 1.54) is 13.2 Å². The van der Waals surface area contributed by atoms with Crippen molar-refractivity contribution in [3.8, 4) is 0 Å². The maximum Gasteiger partial charge on any atom is 0.339 e. The number of H-pyrrole nitrogens is 1. The van der Waals surface area contributed by atoms with Crippen molar-refractivity contribution in [1.29, 1.82) is 0 Å². The average Bonchev–Trinajstić information content (AvgIpc) is 2.88. The number of aryl methyl sites for hydroxylation is 2. The fourth-order valence-corrected chi connectivity index (χ4v) is 2.98. The minimum absolute atomic E-state index is 0.272. The molecule has 0 saturated carbocycles. The lowest BCUT2D eigenvalue weighted by atomic mass is 10.1. The zero-order valence-electron chi connectivity index (χ0n) is 14.9. The second kappa shape index (κ2) is 6.51. The number of nitrogens with one attached hydrogen (secondary N) is 2. The number of aromatic amines is 1. The number of fused-ring (bicyclic) bond motifs is 1. The number of methoxy groups -OCH3 is 1. The zero-order chi connectivity index (χ0) is 19.0. The second-order valence-electron chi connectivity index (χ2n) is 6.03. The van der Waals surface area contributed by atoms with E-state index in [2.05, 4.69) is 10.3 Å². The molecular weight excluding hydrogens is 336 g/mol. The van der Waals surface area contributed by atoms with Crippen LogP contribution in [0.25, 0.3) is 11.0 Å². The highest BCUT2D eigenvalue weighted by Crippen LogP contribution is 2.23. The van der Waals surface area contributed by atoms with E-state index >= 15 is 0 Å². The molecule has 3 rings (SSSR count). The molecule has 7 nitrogen and oxygen atoms in total. The highest BCUT2D eigenvalue weighted by molar-refractivity contribution is 6.07. The van der Waals surface area contributed by atoms with Crippen molar-refractivity contribution >= 4 is 28.5 Å². The Morgan fingerprint density at radius 2 is 1.88 bits per heavy atom. The predicted molar refractivity (Wildman–Crippen MR) is 96.8 cm³/mol. The topological polar surface area (TPSA) is 101 Å². The summed E-state index contributed by atoms with van der Waals surface area (Å²) in [6.07, 6.45) is 0. The Morgan fingerprint density at radius 1 is 1.15 bits per heavy atom. The molecule has 1 amide bonds. The SMILES string of the molecule is COC(=O)c1c(C)[nH]c(C(=O)Nc2ccc3c(C)cc(=O)oc3c2)c1C. The molecule has 0 fully saturated rings. The van der Waals surface area contributed by atoms with Gasteiger partial charge in [0.2, 0.25) is 0 Å². The third-order valence-electron chi connectivity index (χ3n) is 4.26. The van der Waals surface area contributed by atoms with Crippen LogP contribution in [0.5, 0.6) is 0 Å². The third kappa shape index (κ3) is 2.99. The Balaban J connectivity index is 1.95. The molecule has 134 valence electrons. The molecule has 1 aromatic carbocycles. The number of ether oxygens (including phenoxy) is 1. The summed E-state index contributed by atoms with van der Waals surface area (Å²) >= 11 is 0. The maximum absolute atomic E-state index is 12.6. The summed E-state index contributed by atoms with van der Waals surface area (Å²) in [5.41, 5.74) is 2.90. The Kier molecular flexibility index (Phi) is 4.38. The summed E-state index contributed by atoms with van der Waals surface area (Å²) in [5.74, 6) is -0.909. The molecule has 7 heteroatoms. The standard InChI is InChI=1S/C19H18N2O5/c1-9-7-15(22)26-14-8-12(5-6-13(9)14)21-18(23)17-10(2)16(11(3)20-17)19(24)25-4/h5-8,20H,1-4H3,(H,21,23). The molecule has 0 bridgehead atoms. The van der Waals surface area contributed by atoms with Gasteiger partial charge >= 0.3 is 11.6 Å². The molecule has 2 N–H and O–H groups in total. The number of carbonyl (C=O) groups is 2. The van der Waals surface area contributed by atoms with Crippen molar-refractivity contribution in [2.24, 2.45) is 0 Å². The molecule has 2 aromatic heterocycles. The molecule has 0 aliphatic heterocycles. The lowest BCUT2D eigenvalue weighted by Crippen LogP contribution is -2.14. The molecule has 3 aromatic rings. The smallest absolute Gasteiger partial charge is 0.339 e. The van der Waals surface area contributed by atoms with Crippen LogP contribution in [-0.2, 0) is 4.74 Å². The van der Waals surface area contributed by atoms with Crippen molar-refractivity contribution in [2.45, 2.75) is 20.8 Å². The molecular formula is C19H18N2O5. The van der Waals surface area contributed by atoms with Crippen LogP contribution in [0.3, 0.4) is 0 Å². The second-order valence-corrected chi connectivity index (χ2v) is 6.03. The van der Waals surface area contributed by atoms with E-state index in [0.29, 0.717) is 28.1 Å². The zero-order valence-corrected chi connectivity index (χ0v) is 14.9. The number of rotatable bonds is 3. The summed E-state index contributed by atoms with van der Waals surface area (Å²) in [7, 11) is 1.29. The van der Waals surface area contributed by atoms with E-state index in [0.717, 1.165) is 10.9 Å². The molecule has 0 aliphatic carbocycles. The van der Waals surface area contributed by atoms with Gasteiger partial charge in [0.1, 0.15) is 11.3 Å². The van der Waals surface area contributed by atoms with E-state index in [1.807, 2.05) is 6.92 Å². The highest BCUT2D eigenvalue weighted by Gasteiger charge is 2.22. The minimum Gasteiger partial charge on any atom is -0.465 e. The summed E-state index contributed by atoms with van der Waals surface area (Å²) in [6.45, 7) is 5.19. The quantitative estimate of drug-likeness (QED) is 0.556. The van der Waals surface area contributed by atoms with Crippen molar-refractivity contribution in [3.05, 3.63) is 62.8 Å². The predicted octanol–water partition coefficient (Wildman–Crippen LogP) is 3.09. The first-order chi connectivity index (χ1) is 12.3. The van der Waals surface area contributed by atoms with E-state index in [9.17, 15) is 14.4 Å². The monoisotopic (exact) mass is 354 g/mol. The molecule has 2 heterocycles. The first kappa shape index (κ1) is 17.5. The van der Waals surface area contributed by atoms with Gasteiger partial charge in [-0.2, -0.15) is 0 Å². The molecule has 0 spiro atoms. The summed E-state index contributed by atoms with van der Waals surface area (Å²) < 4.78 is 9.93. The van der Waals surface area contributed by atoms with Gasteiger partial charge < -0.3 is 19.5 Å². The molecule has 26 heavy (non-hydrogen) atoms. The van der Waals surface area contributed by atoms with Crippen LogP contribution in [0.15, 0.2) is 33.5 Å². The Hall–Kier alpha value is -3.35. The number of carbonyl (C=O) groups excluding carboxylic acids is 2. The molecule has 0 aliphatic rings. The summed E-state index contributed by atoms with van der Waals surface area (Å²) in [6, 6.07) is 6.50. The van der Waals surface area contributed by atoms with Gasteiger partial charge in [-0.25, -0.2) is 9.59 Å². The number of esters is 1. The van der Waals surface area contributed by atoms with E-state index in [4.69, 9.17) is 9.15 Å². The minimum atomic E-state index is -0.502. The van der Waals surface area contributed by atoms with Gasteiger partial charge in [-0.1, -0.05) is 0 Å². The average molecular weight is 354 g/mol. The van der Waals surface area contributed by atoms with Crippen LogP contribution in [0.4, 0.5) is 5.69 Å². The van der Waals surface area contributed by atoms with Gasteiger partial charge in [0.25, 0.3) is 5.91 Å². The molecule has 0 atom stereocenters. The Bertz CT molecular complexity index is 1090. The number of hydrogen-bond acceptors (Lipinski definition) is 5. The van der Waals surface area contributed by atoms with Gasteiger partial charge in [-0.05, 0) is 44.0 Å². The maximum atomic E-state index is 12.6.